The number of carbonyl (C=O) groups excluding carboxylic acids is 2. The maximum Gasteiger partial charge on any atom is 0.337 e. The number of aryl methyl sites for hydroxylation is 2. The Labute approximate surface area is 250 Å². The summed E-state index contributed by atoms with van der Waals surface area (Å²) in [6, 6.07) is 20.9. The van der Waals surface area contributed by atoms with Gasteiger partial charge in [0, 0.05) is 41.8 Å². The summed E-state index contributed by atoms with van der Waals surface area (Å²) in [4.78, 5) is 30.9. The van der Waals surface area contributed by atoms with Gasteiger partial charge in [-0.2, -0.15) is 0 Å². The highest BCUT2D eigenvalue weighted by atomic mass is 32.1. The average molecular weight is 584 g/mol. The maximum absolute atomic E-state index is 12.1. The molecule has 1 aliphatic heterocycles. The standard InChI is InChI=1S/C32H33N5O4S/c1-19-16-24(13-14-26(19)34-28(38)18-40-4)37-30(29(35-32(37)42)27-8-6-7-15-33-27)25-17-20(2)36(21(25)3)23-11-9-22(10-12-23)31(39)41-5/h6-17,29-30H,18H2,1-5H3,(H,34,38)(H,35,42)/t29-,30-/m1/s1. The summed E-state index contributed by atoms with van der Waals surface area (Å²) in [7, 11) is 2.86. The Morgan fingerprint density at radius 3 is 2.38 bits per heavy atom. The molecule has 216 valence electrons. The van der Waals surface area contributed by atoms with Crippen LogP contribution in [0.3, 0.4) is 0 Å². The van der Waals surface area contributed by atoms with Crippen molar-refractivity contribution >= 4 is 40.6 Å². The van der Waals surface area contributed by atoms with Crippen LogP contribution in [0.15, 0.2) is 72.9 Å². The van der Waals surface area contributed by atoms with Crippen LogP contribution in [-0.4, -0.2) is 47.4 Å². The van der Waals surface area contributed by atoms with Crippen LogP contribution in [0.5, 0.6) is 0 Å². The van der Waals surface area contributed by atoms with Crippen LogP contribution in [0.2, 0.25) is 0 Å². The molecule has 1 saturated heterocycles. The van der Waals surface area contributed by atoms with E-state index in [0.717, 1.165) is 39.6 Å². The van der Waals surface area contributed by atoms with Gasteiger partial charge >= 0.3 is 5.97 Å². The predicted molar refractivity (Wildman–Crippen MR) is 166 cm³/mol. The van der Waals surface area contributed by atoms with Crippen LogP contribution >= 0.6 is 12.2 Å². The quantitative estimate of drug-likeness (QED) is 0.212. The smallest absolute Gasteiger partial charge is 0.337 e. The molecule has 10 heteroatoms. The molecule has 2 aromatic carbocycles. The topological polar surface area (TPSA) is 97.7 Å². The number of thiocarbonyl (C=S) groups is 1. The number of nitrogens with one attached hydrogen (secondary N) is 2. The Kier molecular flexibility index (Phi) is 8.37. The van der Waals surface area contributed by atoms with E-state index in [2.05, 4.69) is 45.0 Å². The first-order valence-electron chi connectivity index (χ1n) is 13.5. The molecule has 2 aromatic heterocycles. The Balaban J connectivity index is 1.58. The van der Waals surface area contributed by atoms with E-state index in [1.54, 1.807) is 18.3 Å². The lowest BCUT2D eigenvalue weighted by molar-refractivity contribution is -0.119. The zero-order chi connectivity index (χ0) is 30.0. The third-order valence-electron chi connectivity index (χ3n) is 7.47. The molecule has 1 amide bonds. The van der Waals surface area contributed by atoms with Crippen LogP contribution in [-0.2, 0) is 14.3 Å². The summed E-state index contributed by atoms with van der Waals surface area (Å²) in [5.41, 5.74) is 7.98. The number of amides is 1. The summed E-state index contributed by atoms with van der Waals surface area (Å²) < 4.78 is 12.0. The molecule has 5 rings (SSSR count). The number of hydrogen-bond acceptors (Lipinski definition) is 6. The molecule has 0 saturated carbocycles. The molecule has 0 aliphatic carbocycles. The largest absolute Gasteiger partial charge is 0.465 e. The Morgan fingerprint density at radius 2 is 1.74 bits per heavy atom. The molecule has 42 heavy (non-hydrogen) atoms. The van der Waals surface area contributed by atoms with Crippen LogP contribution < -0.4 is 15.5 Å². The highest BCUT2D eigenvalue weighted by Gasteiger charge is 2.42. The molecular formula is C32H33N5O4S. The zero-order valence-corrected chi connectivity index (χ0v) is 25.0. The number of nitrogens with zero attached hydrogens (tertiary/aromatic N) is 3. The lowest BCUT2D eigenvalue weighted by Gasteiger charge is -2.29. The van der Waals surface area contributed by atoms with Gasteiger partial charge in [-0.3, -0.25) is 9.78 Å². The lowest BCUT2D eigenvalue weighted by atomic mass is 9.96. The van der Waals surface area contributed by atoms with Gasteiger partial charge in [0.1, 0.15) is 6.61 Å². The number of aromatic nitrogens is 2. The van der Waals surface area contributed by atoms with Gasteiger partial charge in [0.25, 0.3) is 0 Å². The van der Waals surface area contributed by atoms with E-state index in [0.29, 0.717) is 16.4 Å². The Hall–Kier alpha value is -4.54. The van der Waals surface area contributed by atoms with Gasteiger partial charge in [-0.15, -0.1) is 0 Å². The van der Waals surface area contributed by atoms with E-state index in [9.17, 15) is 9.59 Å². The van der Waals surface area contributed by atoms with Gasteiger partial charge in [0.2, 0.25) is 5.91 Å². The van der Waals surface area contributed by atoms with Crippen molar-refractivity contribution in [1.82, 2.24) is 14.9 Å². The first kappa shape index (κ1) is 29.0. The van der Waals surface area contributed by atoms with Crippen LogP contribution in [0, 0.1) is 20.8 Å². The van der Waals surface area contributed by atoms with Crippen LogP contribution in [0.25, 0.3) is 5.69 Å². The van der Waals surface area contributed by atoms with Gasteiger partial charge in [0.05, 0.1) is 30.5 Å². The van der Waals surface area contributed by atoms with Crippen molar-refractivity contribution in [3.05, 3.63) is 107 Å². The van der Waals surface area contributed by atoms with E-state index in [1.807, 2.05) is 55.5 Å². The van der Waals surface area contributed by atoms with E-state index < -0.39 is 0 Å². The first-order chi connectivity index (χ1) is 20.2. The lowest BCUT2D eigenvalue weighted by Crippen LogP contribution is -2.29. The van der Waals surface area contributed by atoms with E-state index in [1.165, 1.54) is 14.2 Å². The van der Waals surface area contributed by atoms with Crippen molar-refractivity contribution in [3.8, 4) is 5.69 Å². The SMILES string of the molecule is COCC(=O)Nc1ccc(N2C(=S)N[C@H](c3ccccn3)[C@H]2c2cc(C)n(-c3ccc(C(=O)OC)cc3)c2C)cc1C. The normalized spacial score (nSPS) is 16.3. The summed E-state index contributed by atoms with van der Waals surface area (Å²) >= 11 is 5.93. The van der Waals surface area contributed by atoms with E-state index in [-0.39, 0.29) is 30.6 Å². The van der Waals surface area contributed by atoms with E-state index in [4.69, 9.17) is 21.7 Å². The van der Waals surface area contributed by atoms with Crippen LogP contribution in [0.1, 0.15) is 50.7 Å². The molecule has 2 N–H and O–H groups in total. The Bertz CT molecular complexity index is 1630. The molecule has 2 atom stereocenters. The molecule has 4 aromatic rings. The monoisotopic (exact) mass is 583 g/mol. The van der Waals surface area contributed by atoms with Crippen molar-refractivity contribution in [2.75, 3.05) is 31.0 Å². The summed E-state index contributed by atoms with van der Waals surface area (Å²) in [5, 5.41) is 7.00. The summed E-state index contributed by atoms with van der Waals surface area (Å²) in [6.07, 6.45) is 1.79. The predicted octanol–water partition coefficient (Wildman–Crippen LogP) is 5.35. The molecule has 1 aliphatic rings. The molecule has 0 spiro atoms. The third kappa shape index (κ3) is 5.50. The second kappa shape index (κ2) is 12.1. The minimum absolute atomic E-state index is 0.0177. The van der Waals surface area contributed by atoms with Gasteiger partial charge in [-0.1, -0.05) is 6.07 Å². The van der Waals surface area contributed by atoms with Gasteiger partial charge in [-0.25, -0.2) is 4.79 Å². The van der Waals surface area contributed by atoms with Crippen molar-refractivity contribution in [2.24, 2.45) is 0 Å². The second-order valence-corrected chi connectivity index (χ2v) is 10.6. The van der Waals surface area contributed by atoms with Crippen molar-refractivity contribution < 1.29 is 19.1 Å². The number of anilines is 2. The fourth-order valence-electron chi connectivity index (χ4n) is 5.55. The minimum atomic E-state index is -0.373. The molecule has 1 fully saturated rings. The highest BCUT2D eigenvalue weighted by Crippen LogP contribution is 2.44. The molecule has 0 radical (unpaired) electrons. The van der Waals surface area contributed by atoms with Crippen molar-refractivity contribution in [3.63, 3.8) is 0 Å². The number of methoxy groups -OCH3 is 2. The number of ether oxygens (including phenoxy) is 2. The molecule has 0 unspecified atom stereocenters. The number of rotatable bonds is 8. The molecule has 0 bridgehead atoms. The number of benzene rings is 2. The Morgan fingerprint density at radius 1 is 1.00 bits per heavy atom. The zero-order valence-electron chi connectivity index (χ0n) is 24.2. The highest BCUT2D eigenvalue weighted by molar-refractivity contribution is 7.80. The fraction of sp³-hybridized carbons (Fsp3) is 0.250. The average Bonchev–Trinajstić information content (AvgIpc) is 3.49. The molecule has 3 heterocycles. The van der Waals surface area contributed by atoms with Gasteiger partial charge < -0.3 is 29.6 Å². The van der Waals surface area contributed by atoms with Crippen molar-refractivity contribution in [2.45, 2.75) is 32.9 Å². The number of pyridine rings is 1. The third-order valence-corrected chi connectivity index (χ3v) is 7.79. The summed E-state index contributed by atoms with van der Waals surface area (Å²) in [5.74, 6) is -0.589. The second-order valence-electron chi connectivity index (χ2n) is 10.2. The molecule has 9 nitrogen and oxygen atoms in total. The fourth-order valence-corrected chi connectivity index (χ4v) is 5.90. The first-order valence-corrected chi connectivity index (χ1v) is 13.9. The summed E-state index contributed by atoms with van der Waals surface area (Å²) in [6.45, 7) is 6.09. The number of carbonyl (C=O) groups is 2. The molecular weight excluding hydrogens is 550 g/mol. The number of esters is 1. The van der Waals surface area contributed by atoms with Gasteiger partial charge in [0.15, 0.2) is 5.11 Å². The van der Waals surface area contributed by atoms with Gasteiger partial charge in [-0.05, 0) is 105 Å². The number of hydrogen-bond donors (Lipinski definition) is 2. The van der Waals surface area contributed by atoms with Crippen LogP contribution in [0.4, 0.5) is 11.4 Å². The van der Waals surface area contributed by atoms with Crippen molar-refractivity contribution in [1.29, 1.82) is 0 Å². The minimum Gasteiger partial charge on any atom is -0.465 e. The van der Waals surface area contributed by atoms with E-state index >= 15 is 0 Å². The maximum atomic E-state index is 12.1.